The fourth-order valence-electron chi connectivity index (χ4n) is 12.0. The zero-order valence-corrected chi connectivity index (χ0v) is 32.6. The topological polar surface area (TPSA) is 142 Å². The number of allylic oxidation sites excluding steroid dienone is 1. The molecule has 1 aliphatic heterocycles. The number of carbonyl (C=O) groups is 2. The molecule has 0 amide bonds. The highest BCUT2D eigenvalue weighted by Crippen LogP contribution is 2.75. The molecule has 5 rings (SSSR count). The van der Waals surface area contributed by atoms with Crippen molar-refractivity contribution in [3.63, 3.8) is 0 Å². The number of rotatable bonds is 8. The van der Waals surface area contributed by atoms with E-state index in [1.165, 1.54) is 12.5 Å². The van der Waals surface area contributed by atoms with Gasteiger partial charge in [0.05, 0.1) is 32.3 Å². The lowest BCUT2D eigenvalue weighted by atomic mass is 9.34. The van der Waals surface area contributed by atoms with Gasteiger partial charge in [0.15, 0.2) is 6.19 Å². The molecule has 5 aliphatic rings. The van der Waals surface area contributed by atoms with Gasteiger partial charge in [0, 0.05) is 23.3 Å². The van der Waals surface area contributed by atoms with E-state index in [0.29, 0.717) is 44.7 Å². The summed E-state index contributed by atoms with van der Waals surface area (Å²) in [7, 11) is 0. The number of hydrogen-bond acceptors (Lipinski definition) is 7. The van der Waals surface area contributed by atoms with Crippen molar-refractivity contribution in [2.45, 2.75) is 132 Å². The second-order valence-electron chi connectivity index (χ2n) is 18.8. The van der Waals surface area contributed by atoms with Crippen LogP contribution in [-0.2, 0) is 23.8 Å². The third-order valence-corrected chi connectivity index (χ3v) is 14.7. The summed E-state index contributed by atoms with van der Waals surface area (Å²) in [4.78, 5) is 30.6. The summed E-state index contributed by atoms with van der Waals surface area (Å²) in [5.41, 5.74) is -0.481. The molecule has 0 radical (unpaired) electrons. The Morgan fingerprint density at radius 2 is 1.82 bits per heavy atom. The molecule has 50 heavy (non-hydrogen) atoms. The highest BCUT2D eigenvalue weighted by Gasteiger charge is 2.72. The average Bonchev–Trinajstić information content (AvgIpc) is 2.99. The number of guanidine groups is 1. The van der Waals surface area contributed by atoms with Crippen molar-refractivity contribution in [1.82, 2.24) is 10.6 Å². The standard InChI is InChI=1S/C40H64N4O6/c1-24(2)25(3)36(8)16-17-38(10)27-12-13-30-37(9)21-48-22-40(30,28(27)14-15-39(38,11)31(36)33(46)47)20-29(50-26(4)45)32(37)49-19-18-42-34(43-23-41)44-35(5,6)7/h14,24-25,27,29-32H,12-13,15-22H2,1-11H3,(H,46,47)(H2,42,43,44)/t25-,27+,29-,30?,31-,32+,36-,37?,38-,39+,40+/m1/s1. The van der Waals surface area contributed by atoms with Crippen LogP contribution < -0.4 is 10.6 Å². The van der Waals surface area contributed by atoms with Crippen LogP contribution in [-0.4, -0.2) is 67.1 Å². The smallest absolute Gasteiger partial charge is 0.307 e. The number of fused-ring (bicyclic) bond motifs is 3. The molecule has 3 saturated carbocycles. The van der Waals surface area contributed by atoms with Crippen LogP contribution in [0.1, 0.15) is 115 Å². The van der Waals surface area contributed by atoms with E-state index in [1.54, 1.807) is 0 Å². The molecule has 0 spiro atoms. The summed E-state index contributed by atoms with van der Waals surface area (Å²) in [5, 5.41) is 26.1. The number of hydrogen-bond donors (Lipinski definition) is 3. The predicted molar refractivity (Wildman–Crippen MR) is 193 cm³/mol. The Labute approximate surface area is 300 Å². The number of carbonyl (C=O) groups excluding carboxylic acids is 1. The third-order valence-electron chi connectivity index (χ3n) is 14.7. The van der Waals surface area contributed by atoms with Gasteiger partial charge in [-0.25, -0.2) is 0 Å². The lowest BCUT2D eigenvalue weighted by molar-refractivity contribution is -0.266. The molecule has 2 unspecified atom stereocenters. The fourth-order valence-corrected chi connectivity index (χ4v) is 12.0. The first kappa shape index (κ1) is 38.6. The molecule has 3 N–H and O–H groups in total. The first-order chi connectivity index (χ1) is 23.2. The predicted octanol–water partition coefficient (Wildman–Crippen LogP) is 6.71. The monoisotopic (exact) mass is 696 g/mol. The van der Waals surface area contributed by atoms with E-state index in [9.17, 15) is 20.0 Å². The van der Waals surface area contributed by atoms with Crippen LogP contribution in [0.4, 0.5) is 0 Å². The van der Waals surface area contributed by atoms with Crippen molar-refractivity contribution in [3.8, 4) is 6.19 Å². The van der Waals surface area contributed by atoms with E-state index < -0.39 is 28.8 Å². The zero-order chi connectivity index (χ0) is 37.1. The van der Waals surface area contributed by atoms with Gasteiger partial charge in [-0.2, -0.15) is 5.26 Å². The Bertz CT molecular complexity index is 1430. The summed E-state index contributed by atoms with van der Waals surface area (Å²) in [5.74, 6) is 0.139. The average molecular weight is 697 g/mol. The van der Waals surface area contributed by atoms with Gasteiger partial charge in [-0.3, -0.25) is 19.9 Å². The Morgan fingerprint density at radius 1 is 1.12 bits per heavy atom. The van der Waals surface area contributed by atoms with Crippen molar-refractivity contribution in [1.29, 1.82) is 5.26 Å². The van der Waals surface area contributed by atoms with Crippen molar-refractivity contribution >= 4 is 17.9 Å². The third kappa shape index (κ3) is 6.16. The van der Waals surface area contributed by atoms with Crippen molar-refractivity contribution in [3.05, 3.63) is 11.6 Å². The molecule has 0 aromatic heterocycles. The molecule has 0 aromatic rings. The van der Waals surface area contributed by atoms with Gasteiger partial charge in [0.2, 0.25) is 5.96 Å². The molecular formula is C40H64N4O6. The van der Waals surface area contributed by atoms with E-state index in [2.05, 4.69) is 70.2 Å². The number of aliphatic imine (C=N–C) groups is 1. The number of esters is 1. The SMILES string of the molecule is CC(=O)O[C@@H]1C[C@@]23COCC(C)(C2CC[C@H]2C3=CC[C@@]3(C)[C@H](C(=O)O)[C@@](C)([C@H](C)C(C)C)CC[C@]23C)[C@H]1OCCN=C(NC#N)NC(C)(C)C. The second-order valence-corrected chi connectivity index (χ2v) is 18.8. The molecule has 1 saturated heterocycles. The molecule has 4 fully saturated rings. The lowest BCUT2D eigenvalue weighted by Crippen LogP contribution is -2.70. The van der Waals surface area contributed by atoms with Crippen molar-refractivity contribution < 1.29 is 28.9 Å². The van der Waals surface area contributed by atoms with Crippen LogP contribution in [0.3, 0.4) is 0 Å². The molecule has 11 atom stereocenters. The van der Waals surface area contributed by atoms with Gasteiger partial charge in [-0.05, 0) is 99.2 Å². The van der Waals surface area contributed by atoms with E-state index in [4.69, 9.17) is 14.2 Å². The molecule has 10 nitrogen and oxygen atoms in total. The van der Waals surface area contributed by atoms with Crippen LogP contribution in [0.5, 0.6) is 0 Å². The van der Waals surface area contributed by atoms with E-state index in [1.807, 2.05) is 27.0 Å². The molecular weight excluding hydrogens is 632 g/mol. The number of ether oxygens (including phenoxy) is 3. The van der Waals surface area contributed by atoms with Gasteiger partial charge in [-0.15, -0.1) is 0 Å². The van der Waals surface area contributed by atoms with Crippen molar-refractivity contribution in [2.24, 2.45) is 61.7 Å². The van der Waals surface area contributed by atoms with E-state index >= 15 is 0 Å². The molecule has 10 heteroatoms. The van der Waals surface area contributed by atoms with Crippen LogP contribution >= 0.6 is 0 Å². The Balaban J connectivity index is 1.49. The summed E-state index contributed by atoms with van der Waals surface area (Å²) >= 11 is 0. The number of carboxylic acid groups (broad SMARTS) is 1. The first-order valence-corrected chi connectivity index (χ1v) is 19.0. The Hall–Kier alpha value is -2.64. The van der Waals surface area contributed by atoms with Gasteiger partial charge < -0.3 is 24.6 Å². The highest BCUT2D eigenvalue weighted by molar-refractivity contribution is 5.81. The number of nitrogens with one attached hydrogen (secondary N) is 2. The fraction of sp³-hybridized carbons (Fsp3) is 0.850. The Kier molecular flexibility index (Phi) is 10.3. The van der Waals surface area contributed by atoms with Crippen LogP contribution in [0.2, 0.25) is 0 Å². The second kappa shape index (κ2) is 13.4. The number of carboxylic acids is 1. The van der Waals surface area contributed by atoms with Gasteiger partial charge in [0.1, 0.15) is 12.2 Å². The highest BCUT2D eigenvalue weighted by atomic mass is 16.6. The quantitative estimate of drug-likeness (QED) is 0.0480. The summed E-state index contributed by atoms with van der Waals surface area (Å²) < 4.78 is 19.4. The minimum absolute atomic E-state index is 0.192. The number of aliphatic carboxylic acids is 1. The maximum atomic E-state index is 13.4. The summed E-state index contributed by atoms with van der Waals surface area (Å²) in [6.45, 7) is 25.0. The summed E-state index contributed by atoms with van der Waals surface area (Å²) in [6.07, 6.45) is 8.74. The van der Waals surface area contributed by atoms with Crippen LogP contribution in [0, 0.1) is 68.1 Å². The van der Waals surface area contributed by atoms with Gasteiger partial charge >= 0.3 is 11.9 Å². The van der Waals surface area contributed by atoms with Crippen LogP contribution in [0.25, 0.3) is 0 Å². The normalized spacial score (nSPS) is 41.8. The van der Waals surface area contributed by atoms with Gasteiger partial charge in [-0.1, -0.05) is 60.1 Å². The first-order valence-electron chi connectivity index (χ1n) is 19.0. The van der Waals surface area contributed by atoms with E-state index in [0.717, 1.165) is 32.1 Å². The lowest BCUT2D eigenvalue weighted by Gasteiger charge is -2.71. The van der Waals surface area contributed by atoms with Crippen molar-refractivity contribution in [2.75, 3.05) is 26.4 Å². The number of nitrogens with zero attached hydrogens (tertiary/aromatic N) is 2. The maximum absolute atomic E-state index is 13.4. The van der Waals surface area contributed by atoms with E-state index in [-0.39, 0.29) is 51.6 Å². The molecule has 1 heterocycles. The minimum atomic E-state index is -0.660. The largest absolute Gasteiger partial charge is 0.481 e. The zero-order valence-electron chi connectivity index (χ0n) is 32.6. The van der Waals surface area contributed by atoms with Gasteiger partial charge in [0.25, 0.3) is 0 Å². The molecule has 280 valence electrons. The Morgan fingerprint density at radius 3 is 2.42 bits per heavy atom. The molecule has 0 aromatic carbocycles. The minimum Gasteiger partial charge on any atom is -0.481 e. The maximum Gasteiger partial charge on any atom is 0.307 e. The molecule has 4 aliphatic carbocycles. The summed E-state index contributed by atoms with van der Waals surface area (Å²) in [6, 6.07) is 0. The molecule has 2 bridgehead atoms. The van der Waals surface area contributed by atoms with Crippen LogP contribution in [0.15, 0.2) is 16.6 Å². The number of nitriles is 1.